The van der Waals surface area contributed by atoms with Gasteiger partial charge in [-0.1, -0.05) is 45.7 Å². The quantitative estimate of drug-likeness (QED) is 0.710. The fraction of sp³-hybridized carbons (Fsp3) is 0.0769. The van der Waals surface area contributed by atoms with Gasteiger partial charge in [-0.25, -0.2) is 4.39 Å². The van der Waals surface area contributed by atoms with Gasteiger partial charge in [-0.3, -0.25) is 0 Å². The summed E-state index contributed by atoms with van der Waals surface area (Å²) in [7, 11) is 0. The number of alkyl halides is 1. The van der Waals surface area contributed by atoms with Crippen molar-refractivity contribution in [3.05, 3.63) is 58.9 Å². The molecule has 0 radical (unpaired) electrons. The summed E-state index contributed by atoms with van der Waals surface area (Å²) in [6, 6.07) is 11.7. The van der Waals surface area contributed by atoms with E-state index in [-0.39, 0.29) is 10.8 Å². The van der Waals surface area contributed by atoms with Crippen molar-refractivity contribution < 1.29 is 9.13 Å². The zero-order valence-electron chi connectivity index (χ0n) is 8.79. The Kier molecular flexibility index (Phi) is 4.02. The molecule has 88 valence electrons. The molecule has 0 aliphatic heterocycles. The molecule has 0 N–H and O–H groups in total. The summed E-state index contributed by atoms with van der Waals surface area (Å²) < 4.78 is 18.5. The topological polar surface area (TPSA) is 9.23 Å². The van der Waals surface area contributed by atoms with E-state index >= 15 is 0 Å². The monoisotopic (exact) mass is 314 g/mol. The van der Waals surface area contributed by atoms with Gasteiger partial charge < -0.3 is 4.74 Å². The van der Waals surface area contributed by atoms with Crippen molar-refractivity contribution in [2.75, 3.05) is 0 Å². The maximum Gasteiger partial charge on any atom is 0.146 e. The highest BCUT2D eigenvalue weighted by atomic mass is 79.9. The largest absolute Gasteiger partial charge is 0.455 e. The van der Waals surface area contributed by atoms with Gasteiger partial charge in [-0.15, -0.1) is 0 Å². The van der Waals surface area contributed by atoms with E-state index in [1.54, 1.807) is 0 Å². The van der Waals surface area contributed by atoms with Crippen molar-refractivity contribution >= 4 is 27.5 Å². The third kappa shape index (κ3) is 2.99. The number of rotatable bonds is 3. The lowest BCUT2D eigenvalue weighted by Gasteiger charge is -2.10. The molecule has 0 spiro atoms. The van der Waals surface area contributed by atoms with Gasteiger partial charge in [-0.05, 0) is 24.3 Å². The van der Waals surface area contributed by atoms with E-state index in [1.807, 2.05) is 24.3 Å². The van der Waals surface area contributed by atoms with Crippen LogP contribution in [-0.2, 0) is 5.33 Å². The molecule has 0 saturated carbocycles. The summed E-state index contributed by atoms with van der Waals surface area (Å²) in [5, 5.41) is 0.941. The first-order valence-corrected chi connectivity index (χ1v) is 6.47. The standard InChI is InChI=1S/C13H9BrClFO/c14-8-9-3-1-2-4-12(9)17-13-6-5-10(16)7-11(13)15/h1-7H,8H2. The molecular formula is C13H9BrClFO. The minimum atomic E-state index is -0.379. The molecule has 0 bridgehead atoms. The Bertz CT molecular complexity index is 531. The van der Waals surface area contributed by atoms with Crippen molar-refractivity contribution in [3.8, 4) is 11.5 Å². The van der Waals surface area contributed by atoms with Gasteiger partial charge in [0, 0.05) is 10.9 Å². The van der Waals surface area contributed by atoms with Gasteiger partial charge in [0.1, 0.15) is 17.3 Å². The number of halogens is 3. The van der Waals surface area contributed by atoms with Crippen molar-refractivity contribution in [2.24, 2.45) is 0 Å². The van der Waals surface area contributed by atoms with Crippen molar-refractivity contribution in [1.82, 2.24) is 0 Å². The Morgan fingerprint density at radius 1 is 1.12 bits per heavy atom. The predicted molar refractivity (Wildman–Crippen MR) is 70.6 cm³/mol. The average molecular weight is 316 g/mol. The summed E-state index contributed by atoms with van der Waals surface area (Å²) in [5.41, 5.74) is 1.01. The highest BCUT2D eigenvalue weighted by molar-refractivity contribution is 9.08. The predicted octanol–water partition coefficient (Wildman–Crippen LogP) is 5.17. The van der Waals surface area contributed by atoms with E-state index in [1.165, 1.54) is 18.2 Å². The minimum absolute atomic E-state index is 0.259. The van der Waals surface area contributed by atoms with Gasteiger partial charge in [0.15, 0.2) is 0 Å². The summed E-state index contributed by atoms with van der Waals surface area (Å²) in [4.78, 5) is 0. The van der Waals surface area contributed by atoms with E-state index in [9.17, 15) is 4.39 Å². The molecular weight excluding hydrogens is 306 g/mol. The van der Waals surface area contributed by atoms with E-state index in [0.29, 0.717) is 16.8 Å². The number of ether oxygens (including phenoxy) is 1. The molecule has 0 heterocycles. The Morgan fingerprint density at radius 2 is 1.88 bits per heavy atom. The van der Waals surface area contributed by atoms with E-state index < -0.39 is 0 Å². The SMILES string of the molecule is Fc1ccc(Oc2ccccc2CBr)c(Cl)c1. The summed E-state index contributed by atoms with van der Waals surface area (Å²) >= 11 is 9.28. The third-order valence-electron chi connectivity index (χ3n) is 2.23. The lowest BCUT2D eigenvalue weighted by Crippen LogP contribution is -1.90. The second-order valence-corrected chi connectivity index (χ2v) is 4.39. The highest BCUT2D eigenvalue weighted by Gasteiger charge is 2.07. The van der Waals surface area contributed by atoms with Crippen LogP contribution in [0.2, 0.25) is 5.02 Å². The average Bonchev–Trinajstić information content (AvgIpc) is 2.33. The van der Waals surface area contributed by atoms with Gasteiger partial charge in [0.25, 0.3) is 0 Å². The first kappa shape index (κ1) is 12.4. The smallest absolute Gasteiger partial charge is 0.146 e. The summed E-state index contributed by atoms with van der Waals surface area (Å²) in [6.07, 6.45) is 0. The Morgan fingerprint density at radius 3 is 2.59 bits per heavy atom. The first-order valence-electron chi connectivity index (χ1n) is 4.97. The first-order chi connectivity index (χ1) is 8.20. The zero-order valence-corrected chi connectivity index (χ0v) is 11.1. The zero-order chi connectivity index (χ0) is 12.3. The number of hydrogen-bond acceptors (Lipinski definition) is 1. The van der Waals surface area contributed by atoms with E-state index in [0.717, 1.165) is 5.56 Å². The molecule has 0 saturated heterocycles. The highest BCUT2D eigenvalue weighted by Crippen LogP contribution is 2.32. The lowest BCUT2D eigenvalue weighted by atomic mass is 10.2. The van der Waals surface area contributed by atoms with Crippen LogP contribution in [-0.4, -0.2) is 0 Å². The molecule has 17 heavy (non-hydrogen) atoms. The van der Waals surface area contributed by atoms with Crippen molar-refractivity contribution in [2.45, 2.75) is 5.33 Å². The Labute approximate surface area is 112 Å². The molecule has 0 aliphatic carbocycles. The molecule has 0 unspecified atom stereocenters. The normalized spacial score (nSPS) is 10.3. The minimum Gasteiger partial charge on any atom is -0.455 e. The van der Waals surface area contributed by atoms with Crippen LogP contribution in [0.25, 0.3) is 0 Å². The van der Waals surface area contributed by atoms with Crippen molar-refractivity contribution in [1.29, 1.82) is 0 Å². The van der Waals surface area contributed by atoms with E-state index in [4.69, 9.17) is 16.3 Å². The fourth-order valence-corrected chi connectivity index (χ4v) is 2.06. The second kappa shape index (κ2) is 5.52. The van der Waals surface area contributed by atoms with E-state index in [2.05, 4.69) is 15.9 Å². The molecule has 4 heteroatoms. The second-order valence-electron chi connectivity index (χ2n) is 3.42. The van der Waals surface area contributed by atoms with Gasteiger partial charge in [-0.2, -0.15) is 0 Å². The van der Waals surface area contributed by atoms with Crippen LogP contribution in [0.1, 0.15) is 5.56 Å². The van der Waals surface area contributed by atoms with Crippen LogP contribution in [0.15, 0.2) is 42.5 Å². The van der Waals surface area contributed by atoms with Gasteiger partial charge >= 0.3 is 0 Å². The number of para-hydroxylation sites is 1. The van der Waals surface area contributed by atoms with Crippen molar-refractivity contribution in [3.63, 3.8) is 0 Å². The molecule has 2 rings (SSSR count). The van der Waals surface area contributed by atoms with Crippen LogP contribution in [0, 0.1) is 5.82 Å². The molecule has 0 aliphatic rings. The maximum atomic E-state index is 12.9. The number of benzene rings is 2. The molecule has 0 amide bonds. The summed E-state index contributed by atoms with van der Waals surface area (Å²) in [6.45, 7) is 0. The van der Waals surface area contributed by atoms with Crippen LogP contribution in [0.4, 0.5) is 4.39 Å². The molecule has 0 aromatic heterocycles. The maximum absolute atomic E-state index is 12.9. The number of hydrogen-bond donors (Lipinski definition) is 0. The molecule has 2 aromatic carbocycles. The molecule has 1 nitrogen and oxygen atoms in total. The lowest BCUT2D eigenvalue weighted by molar-refractivity contribution is 0.477. The molecule has 0 fully saturated rings. The van der Waals surface area contributed by atoms with Crippen LogP contribution < -0.4 is 4.74 Å². The third-order valence-corrected chi connectivity index (χ3v) is 3.13. The van der Waals surface area contributed by atoms with Crippen LogP contribution in [0.3, 0.4) is 0 Å². The molecule has 0 atom stereocenters. The van der Waals surface area contributed by atoms with Crippen LogP contribution in [0.5, 0.6) is 11.5 Å². The Hall–Kier alpha value is -1.06. The van der Waals surface area contributed by atoms with Gasteiger partial charge in [0.2, 0.25) is 0 Å². The molecule has 2 aromatic rings. The Balaban J connectivity index is 2.31. The van der Waals surface area contributed by atoms with Gasteiger partial charge in [0.05, 0.1) is 5.02 Å². The fourth-order valence-electron chi connectivity index (χ4n) is 1.39. The van der Waals surface area contributed by atoms with Crippen LogP contribution >= 0.6 is 27.5 Å². The summed E-state index contributed by atoms with van der Waals surface area (Å²) in [5.74, 6) is 0.774.